The van der Waals surface area contributed by atoms with E-state index in [1.807, 2.05) is 0 Å². The number of hydrogen-bond acceptors (Lipinski definition) is 2. The average Bonchev–Trinajstić information content (AvgIpc) is 2.48. The summed E-state index contributed by atoms with van der Waals surface area (Å²) in [6.45, 7) is 0. The van der Waals surface area contributed by atoms with Crippen molar-refractivity contribution in [1.29, 1.82) is 0 Å². The maximum absolute atomic E-state index is 14.6. The third-order valence-corrected chi connectivity index (χ3v) is 2.95. The summed E-state index contributed by atoms with van der Waals surface area (Å²) in [6, 6.07) is 13.2. The highest BCUT2D eigenvalue weighted by Crippen LogP contribution is 2.42. The number of hydrogen-bond donors (Lipinski definition) is 2. The van der Waals surface area contributed by atoms with Crippen LogP contribution < -0.4 is 5.32 Å². The fourth-order valence-electron chi connectivity index (χ4n) is 1.83. The maximum Gasteiger partial charge on any atom is 0.369 e. The molecule has 0 fully saturated rings. The lowest BCUT2D eigenvalue weighted by molar-refractivity contribution is -0.181. The minimum atomic E-state index is -4.25. The van der Waals surface area contributed by atoms with Gasteiger partial charge in [0.15, 0.2) is 0 Å². The van der Waals surface area contributed by atoms with Crippen LogP contribution in [-0.4, -0.2) is 16.9 Å². The van der Waals surface area contributed by atoms with Crippen molar-refractivity contribution in [3.05, 3.63) is 66.2 Å². The number of aliphatic carboxylic acids is 1. The van der Waals surface area contributed by atoms with Gasteiger partial charge in [-0.3, -0.25) is 0 Å². The lowest BCUT2D eigenvalue weighted by Gasteiger charge is -2.31. The lowest BCUT2D eigenvalue weighted by atomic mass is 9.98. The molecule has 3 nitrogen and oxygen atoms in total. The number of carboxylic acid groups (broad SMARTS) is 1. The second kappa shape index (κ2) is 5.47. The zero-order valence-electron chi connectivity index (χ0n) is 10.8. The van der Waals surface area contributed by atoms with Gasteiger partial charge in [-0.2, -0.15) is 13.2 Å². The van der Waals surface area contributed by atoms with Crippen LogP contribution in [0.2, 0.25) is 0 Å². The van der Waals surface area contributed by atoms with Crippen molar-refractivity contribution < 1.29 is 23.1 Å². The van der Waals surface area contributed by atoms with Crippen molar-refractivity contribution in [1.82, 2.24) is 0 Å². The van der Waals surface area contributed by atoms with E-state index in [1.54, 1.807) is 11.4 Å². The molecule has 0 unspecified atom stereocenters. The first-order chi connectivity index (χ1) is 9.88. The van der Waals surface area contributed by atoms with Gasteiger partial charge < -0.3 is 10.4 Å². The van der Waals surface area contributed by atoms with E-state index < -0.39 is 23.2 Å². The van der Waals surface area contributed by atoms with E-state index in [9.17, 15) is 18.0 Å². The van der Waals surface area contributed by atoms with Crippen molar-refractivity contribution in [3.8, 4) is 0 Å². The van der Waals surface area contributed by atoms with Gasteiger partial charge in [-0.25, -0.2) is 4.79 Å². The van der Waals surface area contributed by atoms with Crippen molar-refractivity contribution in [2.45, 2.75) is 11.7 Å². The summed E-state index contributed by atoms with van der Waals surface area (Å²) >= 11 is 0. The Balaban J connectivity index is 2.44. The normalized spacial score (nSPS) is 14.2. The van der Waals surface area contributed by atoms with Crippen LogP contribution in [0.1, 0.15) is 5.56 Å². The molecule has 2 aromatic carbocycles. The van der Waals surface area contributed by atoms with E-state index >= 15 is 0 Å². The van der Waals surface area contributed by atoms with Gasteiger partial charge in [0.2, 0.25) is 0 Å². The largest absolute Gasteiger partial charge is 0.477 e. The van der Waals surface area contributed by atoms with Crippen LogP contribution in [0, 0.1) is 0 Å². The molecule has 0 amide bonds. The molecule has 21 heavy (non-hydrogen) atoms. The summed E-state index contributed by atoms with van der Waals surface area (Å²) in [7, 11) is 0. The molecule has 0 aliphatic rings. The number of benzene rings is 2. The fourth-order valence-corrected chi connectivity index (χ4v) is 1.83. The summed E-state index contributed by atoms with van der Waals surface area (Å²) in [5.41, 5.74) is -0.781. The van der Waals surface area contributed by atoms with Gasteiger partial charge in [0, 0.05) is 11.3 Å². The summed E-state index contributed by atoms with van der Waals surface area (Å²) < 4.78 is 43.2. The number of rotatable bonds is 5. The Hall–Kier alpha value is -2.50. The summed E-state index contributed by atoms with van der Waals surface area (Å²) in [5.74, 6) is -10.5. The minimum Gasteiger partial charge on any atom is -0.477 e. The molecule has 2 rings (SSSR count). The van der Waals surface area contributed by atoms with Crippen LogP contribution in [0.5, 0.6) is 0 Å². The Bertz CT molecular complexity index is 619. The van der Waals surface area contributed by atoms with Crippen molar-refractivity contribution >= 4 is 11.7 Å². The molecule has 0 saturated carbocycles. The Kier molecular flexibility index (Phi) is 3.88. The summed E-state index contributed by atoms with van der Waals surface area (Å²) in [6.07, 6.45) is 0. The fraction of sp³-hybridized carbons (Fsp3) is 0.133. The Labute approximate surface area is 119 Å². The predicted octanol–water partition coefficient (Wildman–Crippen LogP) is 3.64. The molecule has 0 heterocycles. The number of alkyl halides is 3. The van der Waals surface area contributed by atoms with E-state index in [0.717, 1.165) is 12.1 Å². The van der Waals surface area contributed by atoms with Crippen molar-refractivity contribution in [2.24, 2.45) is 0 Å². The van der Waals surface area contributed by atoms with E-state index in [1.165, 1.54) is 42.5 Å². The third-order valence-electron chi connectivity index (χ3n) is 2.95. The van der Waals surface area contributed by atoms with E-state index in [2.05, 4.69) is 0 Å². The zero-order chi connectivity index (χ0) is 15.5. The standard InChI is InChI=1S/C15H12F3NO2/c16-14(17,11-7-3-1-4-8-11)15(18,13(20)21)19-12-9-5-2-6-10-12/h1-10,19H,(H,20,21)/t15-/m1/s1. The van der Waals surface area contributed by atoms with Crippen molar-refractivity contribution in [2.75, 3.05) is 5.32 Å². The van der Waals surface area contributed by atoms with Gasteiger partial charge >= 0.3 is 17.7 Å². The number of para-hydroxylation sites is 1. The molecule has 6 heteroatoms. The molecular formula is C15H12F3NO2. The zero-order valence-corrected chi connectivity index (χ0v) is 10.8. The molecule has 1 atom stereocenters. The molecule has 0 saturated heterocycles. The van der Waals surface area contributed by atoms with E-state index in [0.29, 0.717) is 0 Å². The molecule has 0 aromatic heterocycles. The number of halogens is 3. The number of carbonyl (C=O) groups is 1. The van der Waals surface area contributed by atoms with Gasteiger partial charge in [-0.05, 0) is 12.1 Å². The second-order valence-electron chi connectivity index (χ2n) is 4.40. The smallest absolute Gasteiger partial charge is 0.369 e. The molecule has 0 radical (unpaired) electrons. The summed E-state index contributed by atoms with van der Waals surface area (Å²) in [5, 5.41) is 10.8. The van der Waals surface area contributed by atoms with Gasteiger partial charge in [0.05, 0.1) is 0 Å². The number of nitrogens with one attached hydrogen (secondary N) is 1. The van der Waals surface area contributed by atoms with Crippen LogP contribution in [0.15, 0.2) is 60.7 Å². The van der Waals surface area contributed by atoms with Gasteiger partial charge in [0.25, 0.3) is 0 Å². The first-order valence-electron chi connectivity index (χ1n) is 6.07. The number of carboxylic acids is 1. The van der Waals surface area contributed by atoms with Crippen LogP contribution in [0.4, 0.5) is 18.9 Å². The predicted molar refractivity (Wildman–Crippen MR) is 71.9 cm³/mol. The van der Waals surface area contributed by atoms with Crippen molar-refractivity contribution in [3.63, 3.8) is 0 Å². The Morgan fingerprint density at radius 3 is 1.86 bits per heavy atom. The van der Waals surface area contributed by atoms with Gasteiger partial charge in [-0.1, -0.05) is 48.5 Å². The van der Waals surface area contributed by atoms with Gasteiger partial charge in [-0.15, -0.1) is 0 Å². The van der Waals surface area contributed by atoms with Crippen LogP contribution in [0.25, 0.3) is 0 Å². The molecule has 0 bridgehead atoms. The lowest BCUT2D eigenvalue weighted by Crippen LogP contribution is -2.54. The molecule has 0 aliphatic carbocycles. The molecule has 110 valence electrons. The summed E-state index contributed by atoms with van der Waals surface area (Å²) in [4.78, 5) is 11.1. The van der Waals surface area contributed by atoms with Crippen LogP contribution in [0.3, 0.4) is 0 Å². The highest BCUT2D eigenvalue weighted by atomic mass is 19.3. The second-order valence-corrected chi connectivity index (χ2v) is 4.40. The Morgan fingerprint density at radius 1 is 0.905 bits per heavy atom. The maximum atomic E-state index is 14.6. The average molecular weight is 295 g/mol. The number of anilines is 1. The van der Waals surface area contributed by atoms with Crippen LogP contribution >= 0.6 is 0 Å². The topological polar surface area (TPSA) is 49.3 Å². The Morgan fingerprint density at radius 2 is 1.38 bits per heavy atom. The molecule has 0 spiro atoms. The molecule has 2 aromatic rings. The van der Waals surface area contributed by atoms with Crippen LogP contribution in [-0.2, 0) is 10.7 Å². The van der Waals surface area contributed by atoms with E-state index in [4.69, 9.17) is 5.11 Å². The molecule has 0 aliphatic heterocycles. The highest BCUT2D eigenvalue weighted by molar-refractivity contribution is 5.82. The SMILES string of the molecule is O=C(O)[C@@](F)(Nc1ccccc1)C(F)(F)c1ccccc1. The first kappa shape index (κ1) is 14.9. The van der Waals surface area contributed by atoms with E-state index in [-0.39, 0.29) is 5.69 Å². The highest BCUT2D eigenvalue weighted by Gasteiger charge is 2.62. The van der Waals surface area contributed by atoms with Gasteiger partial charge in [0.1, 0.15) is 0 Å². The first-order valence-corrected chi connectivity index (χ1v) is 6.07. The minimum absolute atomic E-state index is 0.0574. The molecular weight excluding hydrogens is 283 g/mol. The monoisotopic (exact) mass is 295 g/mol. The molecule has 2 N–H and O–H groups in total. The quantitative estimate of drug-likeness (QED) is 0.828. The third kappa shape index (κ3) is 2.69.